The lowest BCUT2D eigenvalue weighted by Crippen LogP contribution is -2.43. The number of carbonyl (C=O) groups excluding carboxylic acids is 1. The Labute approximate surface area is 173 Å². The van der Waals surface area contributed by atoms with Crippen LogP contribution in [0.4, 0.5) is 4.39 Å². The second-order valence-corrected chi connectivity index (χ2v) is 8.00. The van der Waals surface area contributed by atoms with Crippen molar-refractivity contribution >= 4 is 5.91 Å². The number of hydrogen-bond acceptors (Lipinski definition) is 5. The molecule has 1 amide bonds. The van der Waals surface area contributed by atoms with E-state index in [0.717, 1.165) is 10.1 Å². The van der Waals surface area contributed by atoms with Crippen LogP contribution in [-0.4, -0.2) is 62.6 Å². The van der Waals surface area contributed by atoms with E-state index in [1.807, 2.05) is 11.9 Å². The number of rotatable bonds is 6. The van der Waals surface area contributed by atoms with Crippen LogP contribution < -0.4 is 11.2 Å². The van der Waals surface area contributed by atoms with Crippen LogP contribution in [0.1, 0.15) is 24.8 Å². The van der Waals surface area contributed by atoms with E-state index >= 15 is 0 Å². The van der Waals surface area contributed by atoms with Gasteiger partial charge in [-0.05, 0) is 44.0 Å². The van der Waals surface area contributed by atoms with Crippen molar-refractivity contribution in [3.05, 3.63) is 68.7 Å². The van der Waals surface area contributed by atoms with Crippen molar-refractivity contribution in [2.45, 2.75) is 38.0 Å². The minimum Gasteiger partial charge on any atom is -0.388 e. The molecule has 1 saturated heterocycles. The number of halogens is 1. The van der Waals surface area contributed by atoms with Crippen molar-refractivity contribution in [1.82, 2.24) is 19.4 Å². The fraction of sp³-hybridized carbons (Fsp3) is 0.476. The predicted molar refractivity (Wildman–Crippen MR) is 109 cm³/mol. The van der Waals surface area contributed by atoms with Crippen LogP contribution in [0.15, 0.2) is 46.1 Å². The van der Waals surface area contributed by atoms with Crippen LogP contribution in [0.25, 0.3) is 0 Å². The van der Waals surface area contributed by atoms with Crippen LogP contribution in [0, 0.1) is 5.82 Å². The lowest BCUT2D eigenvalue weighted by molar-refractivity contribution is -0.132. The highest BCUT2D eigenvalue weighted by molar-refractivity contribution is 5.76. The van der Waals surface area contributed by atoms with E-state index in [0.29, 0.717) is 45.4 Å². The SMILES string of the molecule is CN(Cc1ccc(F)cc1)C[C@]1(O)CCCN(C(=O)Cn2ccc(=O)[nH]c2=O)CC1. The summed E-state index contributed by atoms with van der Waals surface area (Å²) in [4.78, 5) is 41.3. The van der Waals surface area contributed by atoms with Crippen molar-refractivity contribution in [1.29, 1.82) is 0 Å². The van der Waals surface area contributed by atoms with Crippen LogP contribution in [0.2, 0.25) is 0 Å². The van der Waals surface area contributed by atoms with E-state index in [4.69, 9.17) is 0 Å². The summed E-state index contributed by atoms with van der Waals surface area (Å²) in [6, 6.07) is 7.48. The smallest absolute Gasteiger partial charge is 0.328 e. The van der Waals surface area contributed by atoms with E-state index in [-0.39, 0.29) is 18.3 Å². The molecule has 0 saturated carbocycles. The van der Waals surface area contributed by atoms with E-state index < -0.39 is 16.9 Å². The number of carbonyl (C=O) groups is 1. The summed E-state index contributed by atoms with van der Waals surface area (Å²) in [6.07, 6.45) is 2.93. The second-order valence-electron chi connectivity index (χ2n) is 8.00. The van der Waals surface area contributed by atoms with Gasteiger partial charge >= 0.3 is 5.69 Å². The Balaban J connectivity index is 1.56. The molecule has 1 aromatic heterocycles. The molecule has 1 aromatic carbocycles. The number of benzene rings is 1. The first-order chi connectivity index (χ1) is 14.2. The fourth-order valence-corrected chi connectivity index (χ4v) is 3.86. The Bertz CT molecular complexity index is 987. The van der Waals surface area contributed by atoms with Gasteiger partial charge in [-0.15, -0.1) is 0 Å². The summed E-state index contributed by atoms with van der Waals surface area (Å²) < 4.78 is 14.2. The molecule has 2 N–H and O–H groups in total. The van der Waals surface area contributed by atoms with E-state index in [9.17, 15) is 23.9 Å². The van der Waals surface area contributed by atoms with Crippen molar-refractivity contribution in [2.24, 2.45) is 0 Å². The molecular weight excluding hydrogens is 391 g/mol. The van der Waals surface area contributed by atoms with Gasteiger partial charge in [0.15, 0.2) is 0 Å². The third-order valence-corrected chi connectivity index (χ3v) is 5.40. The predicted octanol–water partition coefficient (Wildman–Crippen LogP) is 0.551. The molecule has 0 spiro atoms. The van der Waals surface area contributed by atoms with Gasteiger partial charge in [0.1, 0.15) is 12.4 Å². The molecule has 2 heterocycles. The number of likely N-dealkylation sites (N-methyl/N-ethyl adjacent to an activating group) is 1. The van der Waals surface area contributed by atoms with Gasteiger partial charge in [0, 0.05) is 38.4 Å². The zero-order chi connectivity index (χ0) is 21.7. The van der Waals surface area contributed by atoms with E-state index in [2.05, 4.69) is 4.98 Å². The minimum absolute atomic E-state index is 0.154. The van der Waals surface area contributed by atoms with Crippen molar-refractivity contribution in [3.8, 4) is 0 Å². The number of nitrogens with one attached hydrogen (secondary N) is 1. The molecule has 30 heavy (non-hydrogen) atoms. The standard InChI is InChI=1S/C21H27FN4O4/c1-24(13-16-3-5-17(22)6-4-16)15-21(30)8-2-10-25(12-9-21)19(28)14-26-11-7-18(27)23-20(26)29/h3-7,11,30H,2,8-10,12-15H2,1H3,(H,23,27,29)/t21-/m0/s1. The molecule has 2 aromatic rings. The summed E-state index contributed by atoms with van der Waals surface area (Å²) in [7, 11) is 1.90. The minimum atomic E-state index is -0.932. The molecule has 162 valence electrons. The van der Waals surface area contributed by atoms with Gasteiger partial charge in [-0.2, -0.15) is 0 Å². The number of H-pyrrole nitrogens is 1. The summed E-state index contributed by atoms with van der Waals surface area (Å²) in [5.41, 5.74) is -1.10. The molecule has 0 radical (unpaired) electrons. The van der Waals surface area contributed by atoms with Gasteiger partial charge in [0.2, 0.25) is 5.91 Å². The van der Waals surface area contributed by atoms with E-state index in [1.165, 1.54) is 24.4 Å². The maximum Gasteiger partial charge on any atom is 0.328 e. The summed E-state index contributed by atoms with van der Waals surface area (Å²) in [5.74, 6) is -0.509. The first kappa shape index (κ1) is 21.9. The third-order valence-electron chi connectivity index (χ3n) is 5.40. The summed E-state index contributed by atoms with van der Waals surface area (Å²) >= 11 is 0. The van der Waals surface area contributed by atoms with Gasteiger partial charge in [0.05, 0.1) is 5.60 Å². The zero-order valence-electron chi connectivity index (χ0n) is 17.0. The molecule has 0 bridgehead atoms. The van der Waals surface area contributed by atoms with Crippen LogP contribution in [-0.2, 0) is 17.9 Å². The number of aromatic amines is 1. The van der Waals surface area contributed by atoms with Crippen LogP contribution >= 0.6 is 0 Å². The maximum absolute atomic E-state index is 13.1. The zero-order valence-corrected chi connectivity index (χ0v) is 17.0. The molecule has 1 aliphatic rings. The Hall–Kier alpha value is -2.78. The number of aliphatic hydroxyl groups is 1. The van der Waals surface area contributed by atoms with Crippen LogP contribution in [0.3, 0.4) is 0 Å². The van der Waals surface area contributed by atoms with Crippen LogP contribution in [0.5, 0.6) is 0 Å². The highest BCUT2D eigenvalue weighted by atomic mass is 19.1. The summed E-state index contributed by atoms with van der Waals surface area (Å²) in [6.45, 7) is 1.75. The first-order valence-corrected chi connectivity index (χ1v) is 9.97. The van der Waals surface area contributed by atoms with Gasteiger partial charge in [-0.1, -0.05) is 12.1 Å². The lowest BCUT2D eigenvalue weighted by Gasteiger charge is -2.31. The molecule has 3 rings (SSSR count). The Morgan fingerprint density at radius 3 is 2.63 bits per heavy atom. The molecule has 0 unspecified atom stereocenters. The Morgan fingerprint density at radius 2 is 1.93 bits per heavy atom. The van der Waals surface area contributed by atoms with Gasteiger partial charge in [-0.25, -0.2) is 9.18 Å². The fourth-order valence-electron chi connectivity index (χ4n) is 3.86. The molecule has 0 aliphatic carbocycles. The highest BCUT2D eigenvalue weighted by Crippen LogP contribution is 2.24. The van der Waals surface area contributed by atoms with Gasteiger partial charge in [0.25, 0.3) is 5.56 Å². The van der Waals surface area contributed by atoms with Crippen molar-refractivity contribution in [2.75, 3.05) is 26.7 Å². The normalized spacial score (nSPS) is 19.7. The lowest BCUT2D eigenvalue weighted by atomic mass is 9.94. The number of nitrogens with zero attached hydrogens (tertiary/aromatic N) is 3. The maximum atomic E-state index is 13.1. The first-order valence-electron chi connectivity index (χ1n) is 9.97. The molecule has 1 atom stereocenters. The number of aromatic nitrogens is 2. The molecule has 1 fully saturated rings. The summed E-state index contributed by atoms with van der Waals surface area (Å²) in [5, 5.41) is 11.1. The largest absolute Gasteiger partial charge is 0.388 e. The van der Waals surface area contributed by atoms with Crippen molar-refractivity contribution < 1.29 is 14.3 Å². The molecule has 9 heteroatoms. The topological polar surface area (TPSA) is 98.6 Å². The number of hydrogen-bond donors (Lipinski definition) is 2. The number of likely N-dealkylation sites (tertiary alicyclic amines) is 1. The molecule has 8 nitrogen and oxygen atoms in total. The number of amides is 1. The van der Waals surface area contributed by atoms with Crippen molar-refractivity contribution in [3.63, 3.8) is 0 Å². The quantitative estimate of drug-likeness (QED) is 0.714. The third kappa shape index (κ3) is 5.87. The molecular formula is C21H27FN4O4. The van der Waals surface area contributed by atoms with Gasteiger partial charge < -0.3 is 10.0 Å². The van der Waals surface area contributed by atoms with E-state index in [1.54, 1.807) is 17.0 Å². The monoisotopic (exact) mass is 418 g/mol. The Morgan fingerprint density at radius 1 is 1.20 bits per heavy atom. The molecule has 1 aliphatic heterocycles. The van der Waals surface area contributed by atoms with Gasteiger partial charge in [-0.3, -0.25) is 24.0 Å². The Kier molecular flexibility index (Phi) is 6.84. The average molecular weight is 418 g/mol. The highest BCUT2D eigenvalue weighted by Gasteiger charge is 2.32. The average Bonchev–Trinajstić information content (AvgIpc) is 2.87. The second kappa shape index (κ2) is 9.36.